The number of nitrogens with one attached hydrogen (secondary N) is 2. The molecule has 4 aliphatic rings. The van der Waals surface area contributed by atoms with E-state index in [0.717, 1.165) is 11.8 Å². The molecule has 0 radical (unpaired) electrons. The average Bonchev–Trinajstić information content (AvgIpc) is 2.72. The number of rotatable bonds is 6. The first kappa shape index (κ1) is 22.1. The number of benzene rings is 2. The van der Waals surface area contributed by atoms with Crippen molar-refractivity contribution in [3.05, 3.63) is 52.3 Å². The van der Waals surface area contributed by atoms with Crippen LogP contribution in [-0.4, -0.2) is 49.2 Å². The molecule has 3 saturated carbocycles. The maximum Gasteiger partial charge on any atom is 0.263 e. The molecule has 2 bridgehead atoms. The number of nitrogens with zero attached hydrogens (tertiary/aromatic N) is 1. The lowest BCUT2D eigenvalue weighted by molar-refractivity contribution is -0.153. The topological polar surface area (TPSA) is 79.9 Å². The number of ether oxygens (including phenoxy) is 2. The van der Waals surface area contributed by atoms with Crippen molar-refractivity contribution < 1.29 is 23.5 Å². The van der Waals surface area contributed by atoms with Crippen molar-refractivity contribution in [1.82, 2.24) is 10.6 Å². The fourth-order valence-electron chi connectivity index (χ4n) is 5.00. The Hall–Kier alpha value is -2.71. The summed E-state index contributed by atoms with van der Waals surface area (Å²) in [7, 11) is 1.89. The van der Waals surface area contributed by atoms with Crippen LogP contribution in [0.15, 0.2) is 36.4 Å². The van der Waals surface area contributed by atoms with Gasteiger partial charge in [0.25, 0.3) is 11.8 Å². The zero-order chi connectivity index (χ0) is 23.4. The van der Waals surface area contributed by atoms with E-state index in [-0.39, 0.29) is 40.3 Å². The summed E-state index contributed by atoms with van der Waals surface area (Å²) >= 11 is 11.7. The fourth-order valence-corrected chi connectivity index (χ4v) is 5.29. The fraction of sp³-hybridized carbons (Fsp3) is 0.391. The third-order valence-corrected chi connectivity index (χ3v) is 6.96. The molecule has 10 heteroatoms. The van der Waals surface area contributed by atoms with Gasteiger partial charge in [-0.1, -0.05) is 23.2 Å². The van der Waals surface area contributed by atoms with Gasteiger partial charge in [0, 0.05) is 29.2 Å². The summed E-state index contributed by atoms with van der Waals surface area (Å²) in [5.41, 5.74) is 0.210. The number of hydrogen-bond acceptors (Lipinski definition) is 5. The van der Waals surface area contributed by atoms with Gasteiger partial charge in [-0.05, 0) is 49.6 Å². The Kier molecular flexibility index (Phi) is 5.33. The second-order valence-electron chi connectivity index (χ2n) is 9.09. The summed E-state index contributed by atoms with van der Waals surface area (Å²) in [5, 5.41) is 6.68. The molecule has 3 fully saturated rings. The van der Waals surface area contributed by atoms with Gasteiger partial charge in [-0.2, -0.15) is 0 Å². The van der Waals surface area contributed by atoms with Gasteiger partial charge in [-0.15, -0.1) is 0 Å². The first-order valence-electron chi connectivity index (χ1n) is 10.5. The molecule has 2 aromatic carbocycles. The van der Waals surface area contributed by atoms with Crippen molar-refractivity contribution in [3.63, 3.8) is 0 Å². The number of fused-ring (bicyclic) bond motifs is 1. The number of halogens is 3. The first-order valence-corrected chi connectivity index (χ1v) is 11.3. The van der Waals surface area contributed by atoms with Crippen LogP contribution in [0.1, 0.15) is 19.3 Å². The highest BCUT2D eigenvalue weighted by Gasteiger charge is 2.69. The summed E-state index contributed by atoms with van der Waals surface area (Å²) in [6.45, 7) is 0.188. The average molecular weight is 494 g/mol. The molecule has 7 nitrogen and oxygen atoms in total. The van der Waals surface area contributed by atoms with Crippen LogP contribution in [0.2, 0.25) is 10.0 Å². The van der Waals surface area contributed by atoms with Gasteiger partial charge in [-0.3, -0.25) is 9.59 Å². The molecule has 1 aliphatic heterocycles. The lowest BCUT2D eigenvalue weighted by Gasteiger charge is -2.70. The van der Waals surface area contributed by atoms with Crippen molar-refractivity contribution in [2.45, 2.75) is 36.4 Å². The Balaban J connectivity index is 1.10. The number of carbonyl (C=O) groups excluding carboxylic acids is 2. The van der Waals surface area contributed by atoms with Gasteiger partial charge in [0.1, 0.15) is 17.3 Å². The van der Waals surface area contributed by atoms with Gasteiger partial charge < -0.3 is 25.0 Å². The predicted octanol–water partition coefficient (Wildman–Crippen LogP) is 3.32. The quantitative estimate of drug-likeness (QED) is 0.645. The summed E-state index contributed by atoms with van der Waals surface area (Å²) in [4.78, 5) is 27.1. The molecular weight excluding hydrogens is 472 g/mol. The van der Waals surface area contributed by atoms with Crippen LogP contribution in [0.4, 0.5) is 10.1 Å². The largest absolute Gasteiger partial charge is 0.484 e. The Morgan fingerprint density at radius 2 is 1.88 bits per heavy atom. The lowest BCUT2D eigenvalue weighted by atomic mass is 9.44. The van der Waals surface area contributed by atoms with Crippen LogP contribution >= 0.6 is 23.2 Å². The van der Waals surface area contributed by atoms with E-state index >= 15 is 0 Å². The van der Waals surface area contributed by atoms with Crippen molar-refractivity contribution in [2.24, 2.45) is 0 Å². The van der Waals surface area contributed by atoms with Crippen molar-refractivity contribution >= 4 is 40.7 Å². The molecule has 33 heavy (non-hydrogen) atoms. The SMILES string of the molecule is CN1CC(C(=O)NC23CC(NC(=O)COc4ccc(Cl)c(F)c4)(C2)C3)Oc2ccc(Cl)cc21. The molecular formula is C23H22Cl2FN3O4. The molecule has 1 heterocycles. The van der Waals surface area contributed by atoms with Gasteiger partial charge in [0.05, 0.1) is 17.3 Å². The Morgan fingerprint density at radius 1 is 1.15 bits per heavy atom. The van der Waals surface area contributed by atoms with Crippen LogP contribution in [0.3, 0.4) is 0 Å². The van der Waals surface area contributed by atoms with E-state index in [1.54, 1.807) is 12.1 Å². The third-order valence-electron chi connectivity index (χ3n) is 6.42. The number of anilines is 1. The molecule has 0 spiro atoms. The molecule has 1 atom stereocenters. The lowest BCUT2D eigenvalue weighted by Crippen LogP contribution is -2.84. The summed E-state index contributed by atoms with van der Waals surface area (Å²) in [6.07, 6.45) is 1.34. The van der Waals surface area contributed by atoms with E-state index in [4.69, 9.17) is 32.7 Å². The normalized spacial score (nSPS) is 26.8. The molecule has 174 valence electrons. The summed E-state index contributed by atoms with van der Waals surface area (Å²) in [5.74, 6) is -0.218. The molecule has 1 unspecified atom stereocenters. The molecule has 3 aliphatic carbocycles. The number of hydrogen-bond donors (Lipinski definition) is 2. The second-order valence-corrected chi connectivity index (χ2v) is 9.94. The maximum absolute atomic E-state index is 13.5. The standard InChI is InChI=1S/C23H22Cl2FN3O4/c1-29-8-19(33-18-5-2-13(24)6-17(18)29)21(31)28-23-10-22(11-23,12-23)27-20(30)9-32-14-3-4-15(25)16(26)7-14/h2-7,19H,8-12H2,1H3,(H,27,30)(H,28,31). The summed E-state index contributed by atoms with van der Waals surface area (Å²) < 4.78 is 24.7. The minimum atomic E-state index is -0.628. The van der Waals surface area contributed by atoms with E-state index < -0.39 is 11.9 Å². The number of likely N-dealkylation sites (N-methyl/N-ethyl adjacent to an activating group) is 1. The number of carbonyl (C=O) groups is 2. The van der Waals surface area contributed by atoms with Crippen LogP contribution in [0.5, 0.6) is 11.5 Å². The van der Waals surface area contributed by atoms with Crippen LogP contribution < -0.4 is 25.0 Å². The van der Waals surface area contributed by atoms with Crippen LogP contribution in [-0.2, 0) is 9.59 Å². The van der Waals surface area contributed by atoms with Gasteiger partial charge >= 0.3 is 0 Å². The Morgan fingerprint density at radius 3 is 2.61 bits per heavy atom. The molecule has 2 N–H and O–H groups in total. The molecule has 0 saturated heterocycles. The van der Waals surface area contributed by atoms with E-state index in [1.165, 1.54) is 12.1 Å². The van der Waals surface area contributed by atoms with Crippen molar-refractivity contribution in [3.8, 4) is 11.5 Å². The van der Waals surface area contributed by atoms with Crippen molar-refractivity contribution in [2.75, 3.05) is 25.1 Å². The molecule has 0 aromatic heterocycles. The van der Waals surface area contributed by atoms with Crippen LogP contribution in [0.25, 0.3) is 0 Å². The Bertz CT molecular complexity index is 1120. The Labute approximate surface area is 200 Å². The highest BCUT2D eigenvalue weighted by atomic mass is 35.5. The zero-order valence-electron chi connectivity index (χ0n) is 17.8. The minimum absolute atomic E-state index is 0.00751. The van der Waals surface area contributed by atoms with E-state index in [1.807, 2.05) is 18.0 Å². The van der Waals surface area contributed by atoms with E-state index in [2.05, 4.69) is 10.6 Å². The monoisotopic (exact) mass is 493 g/mol. The second kappa shape index (κ2) is 7.95. The maximum atomic E-state index is 13.5. The van der Waals surface area contributed by atoms with Crippen molar-refractivity contribution in [1.29, 1.82) is 0 Å². The highest BCUT2D eigenvalue weighted by Crippen LogP contribution is 2.60. The summed E-state index contributed by atoms with van der Waals surface area (Å²) in [6, 6.07) is 9.32. The smallest absolute Gasteiger partial charge is 0.263 e. The van der Waals surface area contributed by atoms with Gasteiger partial charge in [0.2, 0.25) is 0 Å². The highest BCUT2D eigenvalue weighted by molar-refractivity contribution is 6.31. The number of amides is 2. The van der Waals surface area contributed by atoms with Gasteiger partial charge in [0.15, 0.2) is 12.7 Å². The molecule has 6 rings (SSSR count). The van der Waals surface area contributed by atoms with E-state index in [9.17, 15) is 14.0 Å². The van der Waals surface area contributed by atoms with E-state index in [0.29, 0.717) is 36.6 Å². The molecule has 2 aromatic rings. The minimum Gasteiger partial charge on any atom is -0.484 e. The first-order chi connectivity index (χ1) is 15.7. The zero-order valence-corrected chi connectivity index (χ0v) is 19.3. The van der Waals surface area contributed by atoms with Crippen LogP contribution in [0, 0.1) is 5.82 Å². The third kappa shape index (κ3) is 4.17. The van der Waals surface area contributed by atoms with Gasteiger partial charge in [-0.25, -0.2) is 4.39 Å². The molecule has 2 amide bonds. The predicted molar refractivity (Wildman–Crippen MR) is 122 cm³/mol.